The summed E-state index contributed by atoms with van der Waals surface area (Å²) in [6.07, 6.45) is 4.23. The minimum absolute atomic E-state index is 0.0640. The number of likely N-dealkylation sites (tertiary alicyclic amines) is 1. The molecule has 0 aliphatic carbocycles. The number of nitrogens with two attached hydrogens (primary N) is 1. The molecule has 0 saturated carbocycles. The third kappa shape index (κ3) is 4.08. The molecule has 3 heterocycles. The van der Waals surface area contributed by atoms with E-state index in [2.05, 4.69) is 15.3 Å². The Kier molecular flexibility index (Phi) is 5.82. The van der Waals surface area contributed by atoms with Gasteiger partial charge in [0, 0.05) is 44.5 Å². The maximum atomic E-state index is 12.7. The third-order valence-electron chi connectivity index (χ3n) is 5.16. The van der Waals surface area contributed by atoms with E-state index >= 15 is 0 Å². The molecule has 8 nitrogen and oxygen atoms in total. The average molecular weight is 349 g/mol. The van der Waals surface area contributed by atoms with Crippen LogP contribution in [0.15, 0.2) is 6.33 Å². The van der Waals surface area contributed by atoms with Crippen LogP contribution < -0.4 is 11.1 Å². The van der Waals surface area contributed by atoms with E-state index in [-0.39, 0.29) is 12.0 Å². The Morgan fingerprint density at radius 3 is 2.84 bits per heavy atom. The van der Waals surface area contributed by atoms with Crippen molar-refractivity contribution in [2.45, 2.75) is 44.4 Å². The van der Waals surface area contributed by atoms with Gasteiger partial charge >= 0.3 is 0 Å². The van der Waals surface area contributed by atoms with Crippen molar-refractivity contribution < 1.29 is 14.3 Å². The molecule has 8 heteroatoms. The second-order valence-corrected chi connectivity index (χ2v) is 6.71. The molecular weight excluding hydrogens is 322 g/mol. The highest BCUT2D eigenvalue weighted by molar-refractivity contribution is 5.94. The number of piperidine rings is 1. The molecule has 3 N–H and O–H groups in total. The molecular formula is C17H27N5O3. The zero-order valence-electron chi connectivity index (χ0n) is 14.9. The smallest absolute Gasteiger partial charge is 0.272 e. The fourth-order valence-electron chi connectivity index (χ4n) is 3.52. The average Bonchev–Trinajstić information content (AvgIpc) is 2.64. The first-order chi connectivity index (χ1) is 12.1. The minimum atomic E-state index is -0.0640. The topological polar surface area (TPSA) is 103 Å². The van der Waals surface area contributed by atoms with Crippen molar-refractivity contribution in [3.63, 3.8) is 0 Å². The maximum absolute atomic E-state index is 12.7. The standard InChI is InChI=1S/C17H27N5O3/c1-11-15(19-10-20-16(11)18)17(23)22-6-3-12(4-7-22)21-13-5-8-25-9-14(13)24-2/h10,12-14,21H,3-9H2,1-2H3,(H2,18,19,20). The molecule has 0 radical (unpaired) electrons. The second-order valence-electron chi connectivity index (χ2n) is 6.71. The number of ether oxygens (including phenoxy) is 2. The van der Waals surface area contributed by atoms with E-state index in [1.165, 1.54) is 6.33 Å². The van der Waals surface area contributed by atoms with Crippen LogP contribution in [0.5, 0.6) is 0 Å². The first-order valence-corrected chi connectivity index (χ1v) is 8.83. The van der Waals surface area contributed by atoms with Gasteiger partial charge < -0.3 is 25.4 Å². The summed E-state index contributed by atoms with van der Waals surface area (Å²) in [6, 6.07) is 0.705. The summed E-state index contributed by atoms with van der Waals surface area (Å²) in [5.41, 5.74) is 6.84. The normalized spacial score (nSPS) is 25.1. The molecule has 25 heavy (non-hydrogen) atoms. The van der Waals surface area contributed by atoms with Crippen LogP contribution in [0.2, 0.25) is 0 Å². The highest BCUT2D eigenvalue weighted by Crippen LogP contribution is 2.19. The van der Waals surface area contributed by atoms with E-state index in [9.17, 15) is 4.79 Å². The number of nitrogens with one attached hydrogen (secondary N) is 1. The minimum Gasteiger partial charge on any atom is -0.383 e. The molecule has 0 bridgehead atoms. The van der Waals surface area contributed by atoms with Crippen LogP contribution >= 0.6 is 0 Å². The van der Waals surface area contributed by atoms with E-state index in [1.54, 1.807) is 14.0 Å². The molecule has 2 saturated heterocycles. The van der Waals surface area contributed by atoms with Crippen molar-refractivity contribution >= 4 is 11.7 Å². The SMILES string of the molecule is COC1COCCC1NC1CCN(C(=O)c2ncnc(N)c2C)CC1. The number of nitrogen functional groups attached to an aromatic ring is 1. The zero-order chi connectivity index (χ0) is 17.8. The fraction of sp³-hybridized carbons (Fsp3) is 0.706. The van der Waals surface area contributed by atoms with Gasteiger partial charge in [0.05, 0.1) is 12.7 Å². The number of carbonyl (C=O) groups is 1. The summed E-state index contributed by atoms with van der Waals surface area (Å²) in [5, 5.41) is 3.69. The number of nitrogens with zero attached hydrogens (tertiary/aromatic N) is 3. The van der Waals surface area contributed by atoms with Crippen LogP contribution in [0.25, 0.3) is 0 Å². The Morgan fingerprint density at radius 2 is 2.12 bits per heavy atom. The molecule has 1 aromatic rings. The van der Waals surface area contributed by atoms with Crippen LogP contribution in [-0.4, -0.2) is 72.4 Å². The van der Waals surface area contributed by atoms with Crippen LogP contribution in [0.1, 0.15) is 35.3 Å². The highest BCUT2D eigenvalue weighted by atomic mass is 16.5. The van der Waals surface area contributed by atoms with Gasteiger partial charge in [0.1, 0.15) is 17.8 Å². The molecule has 2 fully saturated rings. The van der Waals surface area contributed by atoms with Gasteiger partial charge in [0.15, 0.2) is 0 Å². The number of hydrogen-bond donors (Lipinski definition) is 2. The van der Waals surface area contributed by atoms with Crippen molar-refractivity contribution in [1.29, 1.82) is 0 Å². The molecule has 2 aliphatic rings. The number of methoxy groups -OCH3 is 1. The lowest BCUT2D eigenvalue weighted by molar-refractivity contribution is -0.0533. The predicted molar refractivity (Wildman–Crippen MR) is 93.3 cm³/mol. The molecule has 2 aliphatic heterocycles. The van der Waals surface area contributed by atoms with Gasteiger partial charge in [-0.2, -0.15) is 0 Å². The number of carbonyl (C=O) groups excluding carboxylic acids is 1. The Hall–Kier alpha value is -1.77. The summed E-state index contributed by atoms with van der Waals surface area (Å²) in [6.45, 7) is 4.61. The van der Waals surface area contributed by atoms with Gasteiger partial charge in [0.2, 0.25) is 0 Å². The van der Waals surface area contributed by atoms with Crippen LogP contribution in [0.3, 0.4) is 0 Å². The lowest BCUT2D eigenvalue weighted by Crippen LogP contribution is -2.54. The highest BCUT2D eigenvalue weighted by Gasteiger charge is 2.31. The van der Waals surface area contributed by atoms with Gasteiger partial charge in [0.25, 0.3) is 5.91 Å². The van der Waals surface area contributed by atoms with Crippen LogP contribution in [0.4, 0.5) is 5.82 Å². The second kappa shape index (κ2) is 8.07. The Bertz CT molecular complexity index is 604. The van der Waals surface area contributed by atoms with Crippen molar-refractivity contribution in [3.8, 4) is 0 Å². The predicted octanol–water partition coefficient (Wildman–Crippen LogP) is 0.365. The van der Waals surface area contributed by atoms with Crippen LogP contribution in [0, 0.1) is 6.92 Å². The molecule has 138 valence electrons. The van der Waals surface area contributed by atoms with Crippen molar-refractivity contribution in [2.24, 2.45) is 0 Å². The number of anilines is 1. The summed E-state index contributed by atoms with van der Waals surface area (Å²) >= 11 is 0. The summed E-state index contributed by atoms with van der Waals surface area (Å²) in [4.78, 5) is 22.6. The quantitative estimate of drug-likeness (QED) is 0.809. The van der Waals surface area contributed by atoms with Gasteiger partial charge in [-0.3, -0.25) is 4.79 Å². The van der Waals surface area contributed by atoms with Crippen LogP contribution in [-0.2, 0) is 9.47 Å². The Labute approximate surface area is 148 Å². The molecule has 1 aromatic heterocycles. The molecule has 0 spiro atoms. The molecule has 3 rings (SSSR count). The van der Waals surface area contributed by atoms with E-state index in [0.29, 0.717) is 48.9 Å². The largest absolute Gasteiger partial charge is 0.383 e. The van der Waals surface area contributed by atoms with Gasteiger partial charge in [-0.1, -0.05) is 0 Å². The summed E-state index contributed by atoms with van der Waals surface area (Å²) < 4.78 is 11.0. The molecule has 2 unspecified atom stereocenters. The summed E-state index contributed by atoms with van der Waals surface area (Å²) in [5.74, 6) is 0.297. The number of aromatic nitrogens is 2. The van der Waals surface area contributed by atoms with E-state index < -0.39 is 0 Å². The Morgan fingerprint density at radius 1 is 1.36 bits per heavy atom. The van der Waals surface area contributed by atoms with E-state index in [1.807, 2.05) is 4.90 Å². The molecule has 1 amide bonds. The van der Waals surface area contributed by atoms with Crippen molar-refractivity contribution in [2.75, 3.05) is 39.1 Å². The lowest BCUT2D eigenvalue weighted by Gasteiger charge is -2.38. The number of hydrogen-bond acceptors (Lipinski definition) is 7. The van der Waals surface area contributed by atoms with Crippen molar-refractivity contribution in [3.05, 3.63) is 17.6 Å². The maximum Gasteiger partial charge on any atom is 0.272 e. The van der Waals surface area contributed by atoms with Gasteiger partial charge in [-0.05, 0) is 26.2 Å². The fourth-order valence-corrected chi connectivity index (χ4v) is 3.52. The third-order valence-corrected chi connectivity index (χ3v) is 5.16. The van der Waals surface area contributed by atoms with E-state index in [0.717, 1.165) is 25.9 Å². The lowest BCUT2D eigenvalue weighted by atomic mass is 9.99. The summed E-state index contributed by atoms with van der Waals surface area (Å²) in [7, 11) is 1.73. The Balaban J connectivity index is 1.54. The van der Waals surface area contributed by atoms with Gasteiger partial charge in [-0.25, -0.2) is 9.97 Å². The van der Waals surface area contributed by atoms with E-state index in [4.69, 9.17) is 15.2 Å². The first kappa shape index (κ1) is 18.0. The molecule has 2 atom stereocenters. The monoisotopic (exact) mass is 349 g/mol. The number of amides is 1. The number of rotatable bonds is 4. The zero-order valence-corrected chi connectivity index (χ0v) is 14.9. The molecule has 0 aromatic carbocycles. The van der Waals surface area contributed by atoms with Crippen molar-refractivity contribution in [1.82, 2.24) is 20.2 Å². The first-order valence-electron chi connectivity index (χ1n) is 8.83. The van der Waals surface area contributed by atoms with Gasteiger partial charge in [-0.15, -0.1) is 0 Å².